The van der Waals surface area contributed by atoms with Crippen LogP contribution < -0.4 is 0 Å². The Bertz CT molecular complexity index is 593. The summed E-state index contributed by atoms with van der Waals surface area (Å²) in [7, 11) is 0. The lowest BCUT2D eigenvalue weighted by Gasteiger charge is -2.33. The van der Waals surface area contributed by atoms with Crippen molar-refractivity contribution >= 4 is 11.9 Å². The smallest absolute Gasteiger partial charge is 0.335 e. The molecule has 2 aliphatic heterocycles. The first-order valence-corrected chi connectivity index (χ1v) is 9.47. The van der Waals surface area contributed by atoms with Crippen LogP contribution in [0.25, 0.3) is 0 Å². The van der Waals surface area contributed by atoms with Crippen LogP contribution in [-0.2, 0) is 4.79 Å². The van der Waals surface area contributed by atoms with E-state index in [2.05, 4.69) is 4.90 Å². The van der Waals surface area contributed by atoms with Gasteiger partial charge in [0.25, 0.3) is 0 Å². The van der Waals surface area contributed by atoms with E-state index in [4.69, 9.17) is 5.11 Å². The first-order chi connectivity index (χ1) is 12.1. The van der Waals surface area contributed by atoms with E-state index in [1.54, 1.807) is 12.1 Å². The molecule has 1 atom stereocenters. The lowest BCUT2D eigenvalue weighted by atomic mass is 9.90. The predicted molar refractivity (Wildman–Crippen MR) is 96.9 cm³/mol. The molecule has 2 heterocycles. The zero-order valence-corrected chi connectivity index (χ0v) is 14.8. The fourth-order valence-electron chi connectivity index (χ4n) is 3.99. The first kappa shape index (κ1) is 17.9. The minimum absolute atomic E-state index is 0.269. The largest absolute Gasteiger partial charge is 0.478 e. The molecule has 1 amide bonds. The highest BCUT2D eigenvalue weighted by molar-refractivity contribution is 5.87. The molecular formula is C20H28N2O3. The number of hydrogen-bond donors (Lipinski definition) is 1. The van der Waals surface area contributed by atoms with Gasteiger partial charge in [-0.1, -0.05) is 12.1 Å². The van der Waals surface area contributed by atoms with Crippen LogP contribution in [0, 0.1) is 0 Å². The van der Waals surface area contributed by atoms with Crippen LogP contribution in [0.3, 0.4) is 0 Å². The van der Waals surface area contributed by atoms with Crippen molar-refractivity contribution in [2.45, 2.75) is 44.4 Å². The summed E-state index contributed by atoms with van der Waals surface area (Å²) in [4.78, 5) is 27.9. The SMILES string of the molecule is O=C(O)c1ccc([C@@H]2CCCN(C(=O)CCCN3CCCC3)C2)cc1. The van der Waals surface area contributed by atoms with E-state index in [9.17, 15) is 9.59 Å². The lowest BCUT2D eigenvalue weighted by Crippen LogP contribution is -2.39. The van der Waals surface area contributed by atoms with E-state index < -0.39 is 5.97 Å². The van der Waals surface area contributed by atoms with E-state index in [-0.39, 0.29) is 5.91 Å². The van der Waals surface area contributed by atoms with Gasteiger partial charge < -0.3 is 14.9 Å². The third kappa shape index (κ3) is 4.82. The van der Waals surface area contributed by atoms with Crippen LogP contribution in [-0.4, -0.2) is 59.5 Å². The van der Waals surface area contributed by atoms with Crippen molar-refractivity contribution in [1.29, 1.82) is 0 Å². The number of benzene rings is 1. The van der Waals surface area contributed by atoms with Gasteiger partial charge in [0.1, 0.15) is 0 Å². The van der Waals surface area contributed by atoms with E-state index in [0.717, 1.165) is 44.5 Å². The Kier molecular flexibility index (Phi) is 6.08. The highest BCUT2D eigenvalue weighted by atomic mass is 16.4. The van der Waals surface area contributed by atoms with Crippen molar-refractivity contribution in [2.75, 3.05) is 32.7 Å². The molecule has 3 rings (SSSR count). The van der Waals surface area contributed by atoms with Crippen molar-refractivity contribution in [1.82, 2.24) is 9.80 Å². The normalized spacial score (nSPS) is 21.4. The molecule has 1 aromatic rings. The standard InChI is InChI=1S/C20H28N2O3/c23-19(6-4-13-21-11-1-2-12-21)22-14-3-5-18(15-22)16-7-9-17(10-8-16)20(24)25/h7-10,18H,1-6,11-15H2,(H,24,25)/t18-/m1/s1. The molecule has 0 radical (unpaired) electrons. The first-order valence-electron chi connectivity index (χ1n) is 9.47. The molecule has 0 spiro atoms. The average molecular weight is 344 g/mol. The fraction of sp³-hybridized carbons (Fsp3) is 0.600. The zero-order chi connectivity index (χ0) is 17.6. The van der Waals surface area contributed by atoms with Crippen molar-refractivity contribution in [2.24, 2.45) is 0 Å². The molecule has 25 heavy (non-hydrogen) atoms. The van der Waals surface area contributed by atoms with Gasteiger partial charge in [-0.25, -0.2) is 4.79 Å². The zero-order valence-electron chi connectivity index (χ0n) is 14.8. The molecule has 0 bridgehead atoms. The summed E-state index contributed by atoms with van der Waals surface area (Å²) in [6.07, 6.45) is 6.26. The number of amides is 1. The van der Waals surface area contributed by atoms with Gasteiger partial charge in [0.05, 0.1) is 5.56 Å². The topological polar surface area (TPSA) is 60.9 Å². The monoisotopic (exact) mass is 344 g/mol. The highest BCUT2D eigenvalue weighted by Crippen LogP contribution is 2.27. The molecule has 0 aliphatic carbocycles. The molecule has 136 valence electrons. The van der Waals surface area contributed by atoms with Crippen LogP contribution in [0.2, 0.25) is 0 Å². The van der Waals surface area contributed by atoms with E-state index in [1.165, 1.54) is 25.9 Å². The van der Waals surface area contributed by atoms with Gasteiger partial charge in [0.2, 0.25) is 5.91 Å². The van der Waals surface area contributed by atoms with Gasteiger partial charge in [-0.05, 0) is 69.4 Å². The lowest BCUT2D eigenvalue weighted by molar-refractivity contribution is -0.132. The number of likely N-dealkylation sites (tertiary alicyclic amines) is 2. The Morgan fingerprint density at radius 1 is 1.04 bits per heavy atom. The van der Waals surface area contributed by atoms with Gasteiger partial charge in [0.15, 0.2) is 0 Å². The third-order valence-electron chi connectivity index (χ3n) is 5.47. The number of piperidine rings is 1. The molecular weight excluding hydrogens is 316 g/mol. The van der Waals surface area contributed by atoms with E-state index in [0.29, 0.717) is 17.9 Å². The Morgan fingerprint density at radius 2 is 1.76 bits per heavy atom. The number of hydrogen-bond acceptors (Lipinski definition) is 3. The van der Waals surface area contributed by atoms with Gasteiger partial charge in [0, 0.05) is 25.4 Å². The maximum atomic E-state index is 12.5. The fourth-order valence-corrected chi connectivity index (χ4v) is 3.99. The van der Waals surface area contributed by atoms with Gasteiger partial charge in [-0.2, -0.15) is 0 Å². The second kappa shape index (κ2) is 8.48. The molecule has 0 unspecified atom stereocenters. The molecule has 1 N–H and O–H groups in total. The Labute approximate surface area is 149 Å². The van der Waals surface area contributed by atoms with Gasteiger partial charge in [-0.3, -0.25) is 4.79 Å². The molecule has 1 aromatic carbocycles. The van der Waals surface area contributed by atoms with Gasteiger partial charge >= 0.3 is 5.97 Å². The van der Waals surface area contributed by atoms with Crippen molar-refractivity contribution in [3.05, 3.63) is 35.4 Å². The second-order valence-electron chi connectivity index (χ2n) is 7.26. The molecule has 5 nitrogen and oxygen atoms in total. The summed E-state index contributed by atoms with van der Waals surface area (Å²) in [5, 5.41) is 9.01. The summed E-state index contributed by atoms with van der Waals surface area (Å²) in [6.45, 7) is 5.03. The molecule has 2 fully saturated rings. The van der Waals surface area contributed by atoms with Crippen LogP contribution in [0.1, 0.15) is 60.4 Å². The maximum Gasteiger partial charge on any atom is 0.335 e. The molecule has 0 aromatic heterocycles. The van der Waals surface area contributed by atoms with Crippen LogP contribution >= 0.6 is 0 Å². The Balaban J connectivity index is 1.49. The van der Waals surface area contributed by atoms with Crippen LogP contribution in [0.4, 0.5) is 0 Å². The predicted octanol–water partition coefficient (Wildman–Crippen LogP) is 2.97. The van der Waals surface area contributed by atoms with E-state index in [1.807, 2.05) is 17.0 Å². The summed E-state index contributed by atoms with van der Waals surface area (Å²) in [5.74, 6) is -0.310. The summed E-state index contributed by atoms with van der Waals surface area (Å²) in [6, 6.07) is 7.12. The molecule has 5 heteroatoms. The molecule has 2 aliphatic rings. The van der Waals surface area contributed by atoms with Crippen LogP contribution in [0.15, 0.2) is 24.3 Å². The Morgan fingerprint density at radius 3 is 2.44 bits per heavy atom. The number of carbonyl (C=O) groups excluding carboxylic acids is 1. The van der Waals surface area contributed by atoms with E-state index >= 15 is 0 Å². The minimum Gasteiger partial charge on any atom is -0.478 e. The van der Waals surface area contributed by atoms with Crippen molar-refractivity contribution in [3.8, 4) is 0 Å². The Hall–Kier alpha value is -1.88. The maximum absolute atomic E-state index is 12.5. The summed E-state index contributed by atoms with van der Waals surface area (Å²) in [5.41, 5.74) is 1.45. The number of carbonyl (C=O) groups is 2. The number of carboxylic acids is 1. The quantitative estimate of drug-likeness (QED) is 0.862. The minimum atomic E-state index is -0.898. The summed E-state index contributed by atoms with van der Waals surface area (Å²) < 4.78 is 0. The van der Waals surface area contributed by atoms with Crippen molar-refractivity contribution in [3.63, 3.8) is 0 Å². The third-order valence-corrected chi connectivity index (χ3v) is 5.47. The number of aromatic carboxylic acids is 1. The second-order valence-corrected chi connectivity index (χ2v) is 7.26. The van der Waals surface area contributed by atoms with Crippen LogP contribution in [0.5, 0.6) is 0 Å². The number of rotatable bonds is 6. The average Bonchev–Trinajstić information content (AvgIpc) is 3.15. The molecule has 0 saturated carbocycles. The summed E-state index contributed by atoms with van der Waals surface area (Å²) >= 11 is 0. The van der Waals surface area contributed by atoms with Gasteiger partial charge in [-0.15, -0.1) is 0 Å². The molecule has 2 saturated heterocycles. The van der Waals surface area contributed by atoms with Crippen molar-refractivity contribution < 1.29 is 14.7 Å². The number of carboxylic acid groups (broad SMARTS) is 1. The highest BCUT2D eigenvalue weighted by Gasteiger charge is 2.24. The number of nitrogens with zero attached hydrogens (tertiary/aromatic N) is 2.